The second-order valence-electron chi connectivity index (χ2n) is 12.2. The highest BCUT2D eigenvalue weighted by molar-refractivity contribution is 8.00. The monoisotopic (exact) mass is 698 g/mol. The van der Waals surface area contributed by atoms with Gasteiger partial charge in [-0.2, -0.15) is 0 Å². The Morgan fingerprint density at radius 1 is 0.900 bits per heavy atom. The zero-order valence-corrected chi connectivity index (χ0v) is 29.4. The third-order valence-electron chi connectivity index (χ3n) is 8.62. The molecular weight excluding hydrogens is 665 g/mol. The van der Waals surface area contributed by atoms with Gasteiger partial charge < -0.3 is 14.7 Å². The van der Waals surface area contributed by atoms with E-state index in [1.54, 1.807) is 24.3 Å². The normalized spacial score (nSPS) is 15.5. The first-order valence-corrected chi connectivity index (χ1v) is 17.9. The molecule has 6 aromatic rings. The Hall–Kier alpha value is -5.45. The maximum atomic E-state index is 13.8. The van der Waals surface area contributed by atoms with E-state index in [2.05, 4.69) is 40.5 Å². The number of fused-ring (bicyclic) bond motifs is 1. The molecule has 10 heteroatoms. The topological polar surface area (TPSA) is 95.9 Å². The Balaban J connectivity index is 1.19. The molecule has 7 rings (SSSR count). The molecule has 1 saturated heterocycles. The first kappa shape index (κ1) is 33.1. The Kier molecular flexibility index (Phi) is 9.38. The molecule has 1 aliphatic rings. The minimum absolute atomic E-state index is 0.0128. The van der Waals surface area contributed by atoms with Gasteiger partial charge in [-0.15, -0.1) is 10.2 Å². The van der Waals surface area contributed by atoms with Crippen LogP contribution < -0.4 is 14.5 Å². The summed E-state index contributed by atoms with van der Waals surface area (Å²) >= 11 is 2.77. The molecule has 50 heavy (non-hydrogen) atoms. The number of hydrogen-bond acceptors (Lipinski definition) is 9. The predicted octanol–water partition coefficient (Wildman–Crippen LogP) is 8.56. The van der Waals surface area contributed by atoms with Gasteiger partial charge in [-0.05, 0) is 70.8 Å². The van der Waals surface area contributed by atoms with Gasteiger partial charge in [0.1, 0.15) is 18.1 Å². The number of nitrogens with zero attached hydrogens (tertiary/aromatic N) is 4. The number of aliphatic hydroxyl groups excluding tert-OH is 1. The van der Waals surface area contributed by atoms with Crippen molar-refractivity contribution >= 4 is 62.1 Å². The number of Topliss-reactive ketones (excluding diaryl/α,β-unsaturated/α-hetero) is 1. The first-order chi connectivity index (χ1) is 24.3. The second-order valence-corrected chi connectivity index (χ2v) is 14.4. The summed E-state index contributed by atoms with van der Waals surface area (Å²) in [6, 6.07) is 36.1. The van der Waals surface area contributed by atoms with Gasteiger partial charge in [-0.1, -0.05) is 108 Å². The van der Waals surface area contributed by atoms with E-state index in [9.17, 15) is 14.7 Å². The van der Waals surface area contributed by atoms with Crippen molar-refractivity contribution in [2.45, 2.75) is 29.7 Å². The molecule has 0 radical (unpaired) electrons. The number of ketones is 1. The summed E-state index contributed by atoms with van der Waals surface area (Å²) in [4.78, 5) is 30.9. The van der Waals surface area contributed by atoms with Crippen molar-refractivity contribution < 1.29 is 19.4 Å². The number of hydrogen-bond donors (Lipinski definition) is 1. The van der Waals surface area contributed by atoms with E-state index in [-0.39, 0.29) is 16.5 Å². The van der Waals surface area contributed by atoms with Gasteiger partial charge in [-0.25, -0.2) is 0 Å². The van der Waals surface area contributed by atoms with E-state index >= 15 is 0 Å². The quantitative estimate of drug-likeness (QED) is 0.0500. The van der Waals surface area contributed by atoms with Crippen molar-refractivity contribution in [1.29, 1.82) is 0 Å². The van der Waals surface area contributed by atoms with Crippen LogP contribution in [0.5, 0.6) is 5.75 Å². The molecule has 1 atom stereocenters. The highest BCUT2D eigenvalue weighted by Crippen LogP contribution is 2.44. The molecule has 0 bridgehead atoms. The van der Waals surface area contributed by atoms with E-state index < -0.39 is 17.7 Å². The number of amides is 1. The zero-order valence-electron chi connectivity index (χ0n) is 27.7. The highest BCUT2D eigenvalue weighted by atomic mass is 32.2. The molecule has 0 aliphatic carbocycles. The van der Waals surface area contributed by atoms with Crippen LogP contribution >= 0.6 is 23.1 Å². The lowest BCUT2D eigenvalue weighted by Crippen LogP contribution is -2.29. The van der Waals surface area contributed by atoms with Crippen LogP contribution in [-0.4, -0.2) is 41.1 Å². The molecule has 1 fully saturated rings. The lowest BCUT2D eigenvalue weighted by atomic mass is 9.95. The van der Waals surface area contributed by atoms with Gasteiger partial charge >= 0.3 is 5.91 Å². The maximum Gasteiger partial charge on any atom is 0.301 e. The minimum atomic E-state index is -0.910. The summed E-state index contributed by atoms with van der Waals surface area (Å²) in [5.74, 6) is -0.554. The Bertz CT molecular complexity index is 2220. The van der Waals surface area contributed by atoms with Crippen LogP contribution in [0.2, 0.25) is 0 Å². The fraction of sp³-hybridized carbons (Fsp3) is 0.150. The molecule has 250 valence electrons. The zero-order chi connectivity index (χ0) is 34.8. The summed E-state index contributed by atoms with van der Waals surface area (Å²) in [5.41, 5.74) is 5.36. The van der Waals surface area contributed by atoms with Crippen molar-refractivity contribution in [2.24, 2.45) is 0 Å². The number of rotatable bonds is 10. The van der Waals surface area contributed by atoms with Crippen molar-refractivity contribution in [2.75, 3.05) is 23.9 Å². The summed E-state index contributed by atoms with van der Waals surface area (Å²) in [7, 11) is 3.88. The van der Waals surface area contributed by atoms with E-state index in [4.69, 9.17) is 4.74 Å². The highest BCUT2D eigenvalue weighted by Gasteiger charge is 2.48. The van der Waals surface area contributed by atoms with Crippen LogP contribution in [0.25, 0.3) is 16.5 Å². The standard InChI is InChI=1S/C40H34N4O4S2/c1-25-8-6-9-26(22-25)23-48-32-20-16-29(17-21-32)36(45)34-35(28-14-18-31(19-15-28)43(2)3)44(38(47)37(34)46)39-41-42-40(50-39)49-24-30-12-7-11-27-10-4-5-13-33(27)30/h4-22,35,45H,23-24H2,1-3H3. The molecule has 0 spiro atoms. The minimum Gasteiger partial charge on any atom is -0.507 e. The number of carbonyl (C=O) groups is 2. The van der Waals surface area contributed by atoms with Crippen LogP contribution in [0.15, 0.2) is 125 Å². The fourth-order valence-corrected chi connectivity index (χ4v) is 7.92. The van der Waals surface area contributed by atoms with Crippen molar-refractivity contribution in [3.63, 3.8) is 0 Å². The van der Waals surface area contributed by atoms with Crippen LogP contribution in [0.4, 0.5) is 10.8 Å². The van der Waals surface area contributed by atoms with Crippen LogP contribution in [-0.2, 0) is 21.9 Å². The van der Waals surface area contributed by atoms with Crippen LogP contribution in [0, 0.1) is 6.92 Å². The fourth-order valence-electron chi connectivity index (χ4n) is 6.05. The molecule has 1 unspecified atom stereocenters. The van der Waals surface area contributed by atoms with E-state index in [1.165, 1.54) is 33.4 Å². The molecule has 8 nitrogen and oxygen atoms in total. The Labute approximate surface area is 298 Å². The number of aliphatic hydroxyl groups is 1. The average molecular weight is 699 g/mol. The molecule has 0 saturated carbocycles. The number of aryl methyl sites for hydroxylation is 1. The number of carbonyl (C=O) groups excluding carboxylic acids is 2. The molecule has 1 N–H and O–H groups in total. The predicted molar refractivity (Wildman–Crippen MR) is 201 cm³/mol. The molecular formula is C40H34N4O4S2. The van der Waals surface area contributed by atoms with Gasteiger partial charge in [0.2, 0.25) is 5.13 Å². The number of aromatic nitrogens is 2. The third-order valence-corrected chi connectivity index (χ3v) is 10.7. The van der Waals surface area contributed by atoms with Gasteiger partial charge in [0.05, 0.1) is 11.6 Å². The van der Waals surface area contributed by atoms with Crippen molar-refractivity contribution in [3.8, 4) is 5.75 Å². The maximum absolute atomic E-state index is 13.8. The lowest BCUT2D eigenvalue weighted by molar-refractivity contribution is -0.132. The molecule has 1 aliphatic heterocycles. The van der Waals surface area contributed by atoms with E-state index in [0.717, 1.165) is 27.8 Å². The Morgan fingerprint density at radius 3 is 2.40 bits per heavy atom. The van der Waals surface area contributed by atoms with E-state index in [1.807, 2.05) is 86.6 Å². The average Bonchev–Trinajstić information content (AvgIpc) is 3.71. The molecule has 5 aromatic carbocycles. The number of benzene rings is 5. The van der Waals surface area contributed by atoms with Crippen molar-refractivity contribution in [3.05, 3.63) is 149 Å². The van der Waals surface area contributed by atoms with E-state index in [0.29, 0.717) is 33.6 Å². The summed E-state index contributed by atoms with van der Waals surface area (Å²) < 4.78 is 6.63. The lowest BCUT2D eigenvalue weighted by Gasteiger charge is -2.23. The van der Waals surface area contributed by atoms with Crippen LogP contribution in [0.3, 0.4) is 0 Å². The molecule has 2 heterocycles. The number of anilines is 2. The largest absolute Gasteiger partial charge is 0.507 e. The summed E-state index contributed by atoms with van der Waals surface area (Å²) in [5, 5.41) is 23.1. The second kappa shape index (κ2) is 14.2. The smallest absolute Gasteiger partial charge is 0.301 e. The number of thioether (sulfide) groups is 1. The van der Waals surface area contributed by atoms with Gasteiger partial charge in [0, 0.05) is 31.1 Å². The summed E-state index contributed by atoms with van der Waals surface area (Å²) in [6.07, 6.45) is 0. The number of ether oxygens (including phenoxy) is 1. The molecule has 1 aromatic heterocycles. The van der Waals surface area contributed by atoms with Crippen LogP contribution in [0.1, 0.15) is 33.9 Å². The third kappa shape index (κ3) is 6.72. The SMILES string of the molecule is Cc1cccc(COc2ccc(C(O)=C3C(=O)C(=O)N(c4nnc(SCc5cccc6ccccc56)s4)C3c3ccc(N(C)C)cc3)cc2)c1. The Morgan fingerprint density at radius 2 is 1.64 bits per heavy atom. The van der Waals surface area contributed by atoms with Gasteiger partial charge in [0.25, 0.3) is 5.78 Å². The first-order valence-electron chi connectivity index (χ1n) is 16.1. The molecule has 1 amide bonds. The van der Waals surface area contributed by atoms with Gasteiger partial charge in [0.15, 0.2) is 4.34 Å². The van der Waals surface area contributed by atoms with Gasteiger partial charge in [-0.3, -0.25) is 14.5 Å². The summed E-state index contributed by atoms with van der Waals surface area (Å²) in [6.45, 7) is 2.43. The van der Waals surface area contributed by atoms with Crippen molar-refractivity contribution in [1.82, 2.24) is 10.2 Å².